The van der Waals surface area contributed by atoms with E-state index in [0.717, 1.165) is 16.8 Å². The number of nitrogens with one attached hydrogen (secondary N) is 2. The lowest BCUT2D eigenvalue weighted by Gasteiger charge is -2.13. The smallest absolute Gasteiger partial charge is 0.243 e. The normalized spacial score (nSPS) is 10.3. The lowest BCUT2D eigenvalue weighted by atomic mass is 10.0. The maximum absolute atomic E-state index is 12.3. The lowest BCUT2D eigenvalue weighted by Crippen LogP contribution is -2.22. The molecule has 5 heteroatoms. The topological polar surface area (TPSA) is 41.1 Å². The quantitative estimate of drug-likeness (QED) is 0.603. The van der Waals surface area contributed by atoms with Gasteiger partial charge in [-0.2, -0.15) is 0 Å². The Bertz CT molecular complexity index is 882. The fourth-order valence-corrected chi connectivity index (χ4v) is 2.84. The SMILES string of the molecule is O=C(CNc1cccc(Cl)c1Cl)Nc1ccccc1-c1ccccc1. The average Bonchev–Trinajstić information content (AvgIpc) is 2.64. The van der Waals surface area contributed by atoms with Gasteiger partial charge in [-0.25, -0.2) is 0 Å². The van der Waals surface area contributed by atoms with Crippen LogP contribution in [0, 0.1) is 0 Å². The van der Waals surface area contributed by atoms with Crippen molar-refractivity contribution >= 4 is 40.5 Å². The number of anilines is 2. The number of para-hydroxylation sites is 1. The van der Waals surface area contributed by atoms with Gasteiger partial charge >= 0.3 is 0 Å². The summed E-state index contributed by atoms with van der Waals surface area (Å²) in [6.45, 7) is 0.0865. The Balaban J connectivity index is 1.71. The summed E-state index contributed by atoms with van der Waals surface area (Å²) in [5, 5.41) is 6.79. The summed E-state index contributed by atoms with van der Waals surface area (Å²) in [4.78, 5) is 12.3. The standard InChI is InChI=1S/C20H16Cl2N2O/c21-16-10-6-12-18(20(16)22)23-13-19(25)24-17-11-5-4-9-15(17)14-7-2-1-3-8-14/h1-12,23H,13H2,(H,24,25). The number of carbonyl (C=O) groups is 1. The zero-order valence-corrected chi connectivity index (χ0v) is 14.8. The van der Waals surface area contributed by atoms with Crippen LogP contribution in [0.4, 0.5) is 11.4 Å². The van der Waals surface area contributed by atoms with Gasteiger partial charge in [0.2, 0.25) is 5.91 Å². The van der Waals surface area contributed by atoms with Crippen LogP contribution in [0.15, 0.2) is 72.8 Å². The Morgan fingerprint density at radius 2 is 1.48 bits per heavy atom. The van der Waals surface area contributed by atoms with E-state index in [9.17, 15) is 4.79 Å². The summed E-state index contributed by atoms with van der Waals surface area (Å²) < 4.78 is 0. The minimum atomic E-state index is -0.167. The van der Waals surface area contributed by atoms with Crippen LogP contribution in [-0.4, -0.2) is 12.5 Å². The van der Waals surface area contributed by atoms with E-state index in [1.165, 1.54) is 0 Å². The highest BCUT2D eigenvalue weighted by molar-refractivity contribution is 6.43. The molecule has 126 valence electrons. The monoisotopic (exact) mass is 370 g/mol. The molecule has 0 aromatic heterocycles. The molecule has 0 bridgehead atoms. The third-order valence-electron chi connectivity index (χ3n) is 3.68. The Hall–Kier alpha value is -2.49. The first-order valence-electron chi connectivity index (χ1n) is 7.77. The van der Waals surface area contributed by atoms with E-state index >= 15 is 0 Å². The number of hydrogen-bond donors (Lipinski definition) is 2. The molecule has 3 nitrogen and oxygen atoms in total. The fourth-order valence-electron chi connectivity index (χ4n) is 2.47. The van der Waals surface area contributed by atoms with E-state index in [2.05, 4.69) is 10.6 Å². The van der Waals surface area contributed by atoms with Gasteiger partial charge in [-0.15, -0.1) is 0 Å². The van der Waals surface area contributed by atoms with E-state index in [1.54, 1.807) is 18.2 Å². The molecule has 3 rings (SSSR count). The van der Waals surface area contributed by atoms with Gasteiger partial charge < -0.3 is 10.6 Å². The second kappa shape index (κ2) is 8.06. The molecule has 0 spiro atoms. The van der Waals surface area contributed by atoms with Crippen LogP contribution in [0.2, 0.25) is 10.0 Å². The third-order valence-corrected chi connectivity index (χ3v) is 4.50. The first kappa shape index (κ1) is 17.3. The highest BCUT2D eigenvalue weighted by atomic mass is 35.5. The first-order chi connectivity index (χ1) is 12.1. The Morgan fingerprint density at radius 3 is 2.28 bits per heavy atom. The van der Waals surface area contributed by atoms with Crippen molar-refractivity contribution in [1.82, 2.24) is 0 Å². The number of amides is 1. The fraction of sp³-hybridized carbons (Fsp3) is 0.0500. The first-order valence-corrected chi connectivity index (χ1v) is 8.53. The summed E-state index contributed by atoms with van der Waals surface area (Å²) in [6.07, 6.45) is 0. The Kier molecular flexibility index (Phi) is 5.59. The van der Waals surface area contributed by atoms with Gasteiger partial charge in [0.15, 0.2) is 0 Å². The number of carbonyl (C=O) groups excluding carboxylic acids is 1. The van der Waals surface area contributed by atoms with Crippen molar-refractivity contribution in [3.05, 3.63) is 82.8 Å². The van der Waals surface area contributed by atoms with Crippen molar-refractivity contribution in [3.8, 4) is 11.1 Å². The maximum atomic E-state index is 12.3. The molecule has 2 N–H and O–H groups in total. The summed E-state index contributed by atoms with van der Waals surface area (Å²) >= 11 is 12.1. The average molecular weight is 371 g/mol. The van der Waals surface area contributed by atoms with Crippen LogP contribution in [0.1, 0.15) is 0 Å². The number of hydrogen-bond acceptors (Lipinski definition) is 2. The molecule has 0 heterocycles. The molecule has 25 heavy (non-hydrogen) atoms. The molecular formula is C20H16Cl2N2O. The zero-order valence-electron chi connectivity index (χ0n) is 13.3. The van der Waals surface area contributed by atoms with E-state index in [1.807, 2.05) is 54.6 Å². The summed E-state index contributed by atoms with van der Waals surface area (Å²) in [6, 6.07) is 22.9. The Morgan fingerprint density at radius 1 is 0.800 bits per heavy atom. The Labute approximate surface area is 156 Å². The largest absolute Gasteiger partial charge is 0.375 e. The molecular weight excluding hydrogens is 355 g/mol. The minimum Gasteiger partial charge on any atom is -0.375 e. The van der Waals surface area contributed by atoms with E-state index in [4.69, 9.17) is 23.2 Å². The van der Waals surface area contributed by atoms with Crippen LogP contribution in [0.25, 0.3) is 11.1 Å². The molecule has 0 aliphatic heterocycles. The van der Waals surface area contributed by atoms with Crippen molar-refractivity contribution in [2.75, 3.05) is 17.2 Å². The van der Waals surface area contributed by atoms with Gasteiger partial charge in [0.1, 0.15) is 0 Å². The maximum Gasteiger partial charge on any atom is 0.243 e. The molecule has 0 unspecified atom stereocenters. The van der Waals surface area contributed by atoms with Crippen molar-refractivity contribution < 1.29 is 4.79 Å². The van der Waals surface area contributed by atoms with Gasteiger partial charge in [0, 0.05) is 11.3 Å². The van der Waals surface area contributed by atoms with Crippen molar-refractivity contribution in [2.24, 2.45) is 0 Å². The van der Waals surface area contributed by atoms with Crippen LogP contribution in [0.3, 0.4) is 0 Å². The summed E-state index contributed by atoms with van der Waals surface area (Å²) in [7, 11) is 0. The van der Waals surface area contributed by atoms with Gasteiger partial charge in [0.05, 0.1) is 22.3 Å². The van der Waals surface area contributed by atoms with Crippen molar-refractivity contribution in [1.29, 1.82) is 0 Å². The number of benzene rings is 3. The lowest BCUT2D eigenvalue weighted by molar-refractivity contribution is -0.114. The van der Waals surface area contributed by atoms with Crippen LogP contribution in [-0.2, 0) is 4.79 Å². The van der Waals surface area contributed by atoms with Crippen molar-refractivity contribution in [2.45, 2.75) is 0 Å². The molecule has 0 aliphatic rings. The van der Waals surface area contributed by atoms with Gasteiger partial charge in [-0.3, -0.25) is 4.79 Å². The highest BCUT2D eigenvalue weighted by Crippen LogP contribution is 2.30. The van der Waals surface area contributed by atoms with E-state index in [-0.39, 0.29) is 12.5 Å². The summed E-state index contributed by atoms with van der Waals surface area (Å²) in [5.74, 6) is -0.167. The zero-order chi connectivity index (χ0) is 17.6. The van der Waals surface area contributed by atoms with E-state index < -0.39 is 0 Å². The second-order valence-corrected chi connectivity index (χ2v) is 6.20. The van der Waals surface area contributed by atoms with Crippen molar-refractivity contribution in [3.63, 3.8) is 0 Å². The highest BCUT2D eigenvalue weighted by Gasteiger charge is 2.09. The number of halogens is 2. The van der Waals surface area contributed by atoms with Gasteiger partial charge in [-0.1, -0.05) is 77.8 Å². The minimum absolute atomic E-state index is 0.0865. The van der Waals surface area contributed by atoms with Crippen LogP contribution in [0.5, 0.6) is 0 Å². The molecule has 0 atom stereocenters. The van der Waals surface area contributed by atoms with Gasteiger partial charge in [-0.05, 0) is 23.8 Å². The number of rotatable bonds is 5. The van der Waals surface area contributed by atoms with Crippen LogP contribution < -0.4 is 10.6 Å². The van der Waals surface area contributed by atoms with E-state index in [0.29, 0.717) is 15.7 Å². The molecule has 3 aromatic carbocycles. The molecule has 0 saturated carbocycles. The second-order valence-electron chi connectivity index (χ2n) is 5.41. The molecule has 0 radical (unpaired) electrons. The molecule has 3 aromatic rings. The van der Waals surface area contributed by atoms with Crippen LogP contribution >= 0.6 is 23.2 Å². The summed E-state index contributed by atoms with van der Waals surface area (Å²) in [5.41, 5.74) is 3.40. The predicted octanol–water partition coefficient (Wildman–Crippen LogP) is 5.71. The molecule has 0 saturated heterocycles. The third kappa shape index (κ3) is 4.32. The molecule has 0 fully saturated rings. The molecule has 0 aliphatic carbocycles. The predicted molar refractivity (Wildman–Crippen MR) is 105 cm³/mol. The molecule has 1 amide bonds. The van der Waals surface area contributed by atoms with Gasteiger partial charge in [0.25, 0.3) is 0 Å².